The number of nitrogens with one attached hydrogen (secondary N) is 1. The molecule has 1 aromatic carbocycles. The Morgan fingerprint density at radius 3 is 2.44 bits per heavy atom. The Bertz CT molecular complexity index is 408. The minimum Gasteiger partial charge on any atom is -0.339 e. The van der Waals surface area contributed by atoms with Crippen molar-refractivity contribution in [2.45, 2.75) is 18.7 Å². The fourth-order valence-corrected chi connectivity index (χ4v) is 3.18. The number of hydrogen-bond donors (Lipinski definition) is 1. The van der Waals surface area contributed by atoms with Crippen LogP contribution in [0, 0.1) is 13.8 Å². The third kappa shape index (κ3) is 3.75. The van der Waals surface area contributed by atoms with Crippen LogP contribution in [0.5, 0.6) is 0 Å². The van der Waals surface area contributed by atoms with E-state index in [0.717, 1.165) is 26.2 Å². The fraction of sp³-hybridized carbons (Fsp3) is 0.500. The topological polar surface area (TPSA) is 32.3 Å². The standard InChI is InChI=1S/C14H20N2OS/c1-11-7-12(2)9-13(8-11)18-10-14(17)16-5-3-15-4-6-16/h7-9,15H,3-6,10H2,1-2H3. The molecule has 1 saturated heterocycles. The molecule has 0 aliphatic carbocycles. The molecule has 4 heteroatoms. The van der Waals surface area contributed by atoms with Crippen molar-refractivity contribution in [3.8, 4) is 0 Å². The average molecular weight is 264 g/mol. The number of rotatable bonds is 3. The summed E-state index contributed by atoms with van der Waals surface area (Å²) in [6.07, 6.45) is 0. The first-order chi connectivity index (χ1) is 8.65. The average Bonchev–Trinajstić information content (AvgIpc) is 2.36. The van der Waals surface area contributed by atoms with E-state index in [4.69, 9.17) is 0 Å². The highest BCUT2D eigenvalue weighted by atomic mass is 32.2. The van der Waals surface area contributed by atoms with Gasteiger partial charge in [-0.1, -0.05) is 6.07 Å². The van der Waals surface area contributed by atoms with Crippen molar-refractivity contribution in [3.63, 3.8) is 0 Å². The van der Waals surface area contributed by atoms with Crippen molar-refractivity contribution in [2.75, 3.05) is 31.9 Å². The molecule has 1 aliphatic heterocycles. The number of hydrogen-bond acceptors (Lipinski definition) is 3. The van der Waals surface area contributed by atoms with Gasteiger partial charge in [0.2, 0.25) is 5.91 Å². The highest BCUT2D eigenvalue weighted by Crippen LogP contribution is 2.21. The largest absolute Gasteiger partial charge is 0.339 e. The van der Waals surface area contributed by atoms with Crippen LogP contribution in [-0.2, 0) is 4.79 Å². The van der Waals surface area contributed by atoms with Crippen molar-refractivity contribution in [1.82, 2.24) is 10.2 Å². The molecule has 0 unspecified atom stereocenters. The van der Waals surface area contributed by atoms with Crippen LogP contribution in [0.15, 0.2) is 23.1 Å². The van der Waals surface area contributed by atoms with E-state index < -0.39 is 0 Å². The van der Waals surface area contributed by atoms with Gasteiger partial charge in [-0.3, -0.25) is 4.79 Å². The van der Waals surface area contributed by atoms with Gasteiger partial charge in [0.15, 0.2) is 0 Å². The maximum Gasteiger partial charge on any atom is 0.233 e. The van der Waals surface area contributed by atoms with E-state index in [2.05, 4.69) is 37.4 Å². The van der Waals surface area contributed by atoms with Crippen LogP contribution in [0.1, 0.15) is 11.1 Å². The Hall–Kier alpha value is -1.00. The lowest BCUT2D eigenvalue weighted by molar-refractivity contribution is -0.128. The fourth-order valence-electron chi connectivity index (χ4n) is 2.17. The second kappa shape index (κ2) is 6.25. The molecule has 0 bridgehead atoms. The van der Waals surface area contributed by atoms with Gasteiger partial charge in [0, 0.05) is 31.1 Å². The Morgan fingerprint density at radius 1 is 1.22 bits per heavy atom. The highest BCUT2D eigenvalue weighted by Gasteiger charge is 2.15. The van der Waals surface area contributed by atoms with Crippen molar-refractivity contribution >= 4 is 17.7 Å². The molecular formula is C14H20N2OS. The molecule has 3 nitrogen and oxygen atoms in total. The SMILES string of the molecule is Cc1cc(C)cc(SCC(=O)N2CCNCC2)c1. The normalized spacial score (nSPS) is 15.8. The molecule has 0 aromatic heterocycles. The van der Waals surface area contributed by atoms with E-state index in [0.29, 0.717) is 5.75 Å². The molecule has 1 aliphatic rings. The van der Waals surface area contributed by atoms with Crippen LogP contribution >= 0.6 is 11.8 Å². The van der Waals surface area contributed by atoms with Crippen molar-refractivity contribution < 1.29 is 4.79 Å². The highest BCUT2D eigenvalue weighted by molar-refractivity contribution is 8.00. The van der Waals surface area contributed by atoms with Gasteiger partial charge in [-0.15, -0.1) is 11.8 Å². The van der Waals surface area contributed by atoms with Gasteiger partial charge in [0.05, 0.1) is 5.75 Å². The zero-order chi connectivity index (χ0) is 13.0. The van der Waals surface area contributed by atoms with E-state index in [-0.39, 0.29) is 5.91 Å². The lowest BCUT2D eigenvalue weighted by atomic mass is 10.2. The number of thioether (sulfide) groups is 1. The first-order valence-corrected chi connectivity index (χ1v) is 7.33. The lowest BCUT2D eigenvalue weighted by Gasteiger charge is -2.27. The lowest BCUT2D eigenvalue weighted by Crippen LogP contribution is -2.47. The van der Waals surface area contributed by atoms with Crippen LogP contribution in [0.4, 0.5) is 0 Å². The van der Waals surface area contributed by atoms with Gasteiger partial charge in [-0.25, -0.2) is 0 Å². The number of carbonyl (C=O) groups excluding carboxylic acids is 1. The smallest absolute Gasteiger partial charge is 0.233 e. The van der Waals surface area contributed by atoms with Crippen molar-refractivity contribution in [1.29, 1.82) is 0 Å². The minimum absolute atomic E-state index is 0.251. The molecule has 1 fully saturated rings. The minimum atomic E-state index is 0.251. The third-order valence-electron chi connectivity index (χ3n) is 3.03. The zero-order valence-corrected chi connectivity index (χ0v) is 11.8. The molecule has 0 saturated carbocycles. The summed E-state index contributed by atoms with van der Waals surface area (Å²) in [6.45, 7) is 7.70. The second-order valence-corrected chi connectivity index (χ2v) is 5.79. The molecule has 1 N–H and O–H groups in total. The van der Waals surface area contributed by atoms with E-state index in [9.17, 15) is 4.79 Å². The number of nitrogens with zero attached hydrogens (tertiary/aromatic N) is 1. The summed E-state index contributed by atoms with van der Waals surface area (Å²) in [5, 5.41) is 3.26. The number of piperazine rings is 1. The maximum absolute atomic E-state index is 12.0. The number of aryl methyl sites for hydroxylation is 2. The quantitative estimate of drug-likeness (QED) is 0.845. The van der Waals surface area contributed by atoms with Crippen molar-refractivity contribution in [2.24, 2.45) is 0 Å². The second-order valence-electron chi connectivity index (χ2n) is 4.74. The van der Waals surface area contributed by atoms with E-state index >= 15 is 0 Å². The van der Waals surface area contributed by atoms with Crippen LogP contribution in [0.2, 0.25) is 0 Å². The Morgan fingerprint density at radius 2 is 1.83 bits per heavy atom. The maximum atomic E-state index is 12.0. The Kier molecular flexibility index (Phi) is 4.66. The number of benzene rings is 1. The predicted octanol–water partition coefficient (Wildman–Crippen LogP) is 1.83. The number of carbonyl (C=O) groups is 1. The van der Waals surface area contributed by atoms with Gasteiger partial charge in [-0.05, 0) is 37.1 Å². The molecular weight excluding hydrogens is 244 g/mol. The summed E-state index contributed by atoms with van der Waals surface area (Å²) >= 11 is 1.64. The molecule has 1 amide bonds. The van der Waals surface area contributed by atoms with E-state index in [1.807, 2.05) is 4.90 Å². The number of amides is 1. The monoisotopic (exact) mass is 264 g/mol. The summed E-state index contributed by atoms with van der Waals surface area (Å²) in [6, 6.07) is 6.44. The summed E-state index contributed by atoms with van der Waals surface area (Å²) in [5.41, 5.74) is 2.51. The summed E-state index contributed by atoms with van der Waals surface area (Å²) in [5.74, 6) is 0.795. The zero-order valence-electron chi connectivity index (χ0n) is 11.0. The summed E-state index contributed by atoms with van der Waals surface area (Å²) < 4.78 is 0. The molecule has 98 valence electrons. The van der Waals surface area contributed by atoms with Gasteiger partial charge >= 0.3 is 0 Å². The Labute approximate surface area is 113 Å². The van der Waals surface area contributed by atoms with Gasteiger partial charge in [0.25, 0.3) is 0 Å². The summed E-state index contributed by atoms with van der Waals surface area (Å²) in [4.78, 5) is 15.2. The predicted molar refractivity (Wildman–Crippen MR) is 76.1 cm³/mol. The van der Waals surface area contributed by atoms with E-state index in [1.165, 1.54) is 16.0 Å². The van der Waals surface area contributed by atoms with Crippen molar-refractivity contribution in [3.05, 3.63) is 29.3 Å². The molecule has 0 spiro atoms. The van der Waals surface area contributed by atoms with Crippen LogP contribution in [-0.4, -0.2) is 42.7 Å². The molecule has 0 radical (unpaired) electrons. The van der Waals surface area contributed by atoms with Crippen LogP contribution < -0.4 is 5.32 Å². The Balaban J connectivity index is 1.88. The molecule has 1 aromatic rings. The van der Waals surface area contributed by atoms with Gasteiger partial charge in [0.1, 0.15) is 0 Å². The van der Waals surface area contributed by atoms with Gasteiger partial charge in [-0.2, -0.15) is 0 Å². The summed E-state index contributed by atoms with van der Waals surface area (Å²) in [7, 11) is 0. The van der Waals surface area contributed by atoms with Crippen LogP contribution in [0.3, 0.4) is 0 Å². The van der Waals surface area contributed by atoms with Gasteiger partial charge < -0.3 is 10.2 Å². The first kappa shape index (κ1) is 13.4. The molecule has 0 atom stereocenters. The molecule has 1 heterocycles. The van der Waals surface area contributed by atoms with Crippen LogP contribution in [0.25, 0.3) is 0 Å². The van der Waals surface area contributed by atoms with E-state index in [1.54, 1.807) is 11.8 Å². The first-order valence-electron chi connectivity index (χ1n) is 6.35. The third-order valence-corrected chi connectivity index (χ3v) is 3.99. The molecule has 18 heavy (non-hydrogen) atoms. The molecule has 2 rings (SSSR count).